The first-order chi connectivity index (χ1) is 16.6. The predicted octanol–water partition coefficient (Wildman–Crippen LogP) is 3.05. The minimum atomic E-state index is -0.273. The highest BCUT2D eigenvalue weighted by molar-refractivity contribution is 5.96. The van der Waals surface area contributed by atoms with Gasteiger partial charge in [0.05, 0.1) is 32.3 Å². The molecule has 2 N–H and O–H groups in total. The van der Waals surface area contributed by atoms with Crippen LogP contribution in [0.5, 0.6) is 0 Å². The van der Waals surface area contributed by atoms with Crippen molar-refractivity contribution in [2.24, 2.45) is 0 Å². The zero-order valence-corrected chi connectivity index (χ0v) is 21.3. The molecule has 1 atom stereocenters. The Balaban J connectivity index is 1.72. The van der Waals surface area contributed by atoms with Crippen molar-refractivity contribution < 1.29 is 19.1 Å². The van der Waals surface area contributed by atoms with Gasteiger partial charge in [-0.05, 0) is 56.9 Å². The topological polar surface area (TPSA) is 91.0 Å². The number of rotatable bonds is 8. The Kier molecular flexibility index (Phi) is 9.01. The third-order valence-electron chi connectivity index (χ3n) is 6.18. The van der Waals surface area contributed by atoms with Crippen LogP contribution < -0.4 is 10.6 Å². The second kappa shape index (κ2) is 12.0. The standard InChI is InChI=1S/C27H36N4O4/c1-18-8-6-9-19(2)26(18)28-23(32)15-30(17-25(34)31-12-13-35-22(5)14-31)16-24(33)29-27-20(3)10-7-11-21(27)4/h6-11,22H,12-17H2,1-5H3,(H,28,32)(H,29,33). The van der Waals surface area contributed by atoms with Crippen LogP contribution in [0.1, 0.15) is 29.2 Å². The molecule has 1 aliphatic heterocycles. The lowest BCUT2D eigenvalue weighted by atomic mass is 10.1. The van der Waals surface area contributed by atoms with E-state index in [9.17, 15) is 14.4 Å². The highest BCUT2D eigenvalue weighted by atomic mass is 16.5. The first-order valence-corrected chi connectivity index (χ1v) is 12.0. The number of hydrogen-bond donors (Lipinski definition) is 2. The number of aryl methyl sites for hydroxylation is 4. The van der Waals surface area contributed by atoms with E-state index >= 15 is 0 Å². The van der Waals surface area contributed by atoms with Gasteiger partial charge in [-0.25, -0.2) is 0 Å². The van der Waals surface area contributed by atoms with Crippen LogP contribution in [-0.4, -0.2) is 73.0 Å². The molecule has 1 saturated heterocycles. The van der Waals surface area contributed by atoms with Crippen molar-refractivity contribution >= 4 is 29.1 Å². The summed E-state index contributed by atoms with van der Waals surface area (Å²) in [5, 5.41) is 5.91. The molecule has 188 valence electrons. The van der Waals surface area contributed by atoms with Gasteiger partial charge in [-0.1, -0.05) is 36.4 Å². The van der Waals surface area contributed by atoms with Gasteiger partial charge in [-0.3, -0.25) is 19.3 Å². The first-order valence-electron chi connectivity index (χ1n) is 12.0. The van der Waals surface area contributed by atoms with E-state index in [-0.39, 0.29) is 43.5 Å². The summed E-state index contributed by atoms with van der Waals surface area (Å²) in [6.45, 7) is 10.9. The third kappa shape index (κ3) is 7.37. The molecule has 2 aromatic rings. The van der Waals surface area contributed by atoms with Crippen LogP contribution in [0.25, 0.3) is 0 Å². The quantitative estimate of drug-likeness (QED) is 0.606. The van der Waals surface area contributed by atoms with Crippen LogP contribution in [-0.2, 0) is 19.1 Å². The molecule has 1 aliphatic rings. The molecule has 8 nitrogen and oxygen atoms in total. The Hall–Kier alpha value is -3.23. The fraction of sp³-hybridized carbons (Fsp3) is 0.444. The highest BCUT2D eigenvalue weighted by Crippen LogP contribution is 2.20. The minimum absolute atomic E-state index is 0.0347. The van der Waals surface area contributed by atoms with E-state index < -0.39 is 0 Å². The number of nitrogens with zero attached hydrogens (tertiary/aromatic N) is 2. The molecule has 1 heterocycles. The Morgan fingerprint density at radius 1 is 0.857 bits per heavy atom. The second-order valence-corrected chi connectivity index (χ2v) is 9.30. The second-order valence-electron chi connectivity index (χ2n) is 9.30. The van der Waals surface area contributed by atoms with E-state index in [1.807, 2.05) is 71.0 Å². The summed E-state index contributed by atoms with van der Waals surface area (Å²) in [6.07, 6.45) is -0.0409. The number of anilines is 2. The number of nitrogens with one attached hydrogen (secondary N) is 2. The molecular weight excluding hydrogens is 444 g/mol. The van der Waals surface area contributed by atoms with Gasteiger partial charge in [0.15, 0.2) is 0 Å². The minimum Gasteiger partial charge on any atom is -0.375 e. The molecule has 0 spiro atoms. The van der Waals surface area contributed by atoms with Crippen LogP contribution in [0.2, 0.25) is 0 Å². The summed E-state index contributed by atoms with van der Waals surface area (Å²) >= 11 is 0. The number of carbonyl (C=O) groups excluding carboxylic acids is 3. The largest absolute Gasteiger partial charge is 0.375 e. The SMILES string of the molecule is Cc1cccc(C)c1NC(=O)CN(CC(=O)Nc1c(C)cccc1C)CC(=O)N1CCOC(C)C1. The van der Waals surface area contributed by atoms with Crippen molar-refractivity contribution in [1.82, 2.24) is 9.80 Å². The summed E-state index contributed by atoms with van der Waals surface area (Å²) in [6, 6.07) is 11.6. The molecule has 3 rings (SSSR count). The van der Waals surface area contributed by atoms with Gasteiger partial charge in [0.1, 0.15) is 0 Å². The monoisotopic (exact) mass is 480 g/mol. The van der Waals surface area contributed by atoms with E-state index in [1.54, 1.807) is 9.80 Å². The Morgan fingerprint density at radius 2 is 1.31 bits per heavy atom. The molecule has 3 amide bonds. The van der Waals surface area contributed by atoms with E-state index in [1.165, 1.54) is 0 Å². The number of carbonyl (C=O) groups is 3. The van der Waals surface area contributed by atoms with Gasteiger partial charge < -0.3 is 20.3 Å². The maximum Gasteiger partial charge on any atom is 0.238 e. The average molecular weight is 481 g/mol. The lowest BCUT2D eigenvalue weighted by molar-refractivity contribution is -0.139. The fourth-order valence-electron chi connectivity index (χ4n) is 4.29. The lowest BCUT2D eigenvalue weighted by Crippen LogP contribution is -2.50. The van der Waals surface area contributed by atoms with Crippen LogP contribution in [0.4, 0.5) is 11.4 Å². The van der Waals surface area contributed by atoms with Crippen molar-refractivity contribution in [2.75, 3.05) is 50.0 Å². The van der Waals surface area contributed by atoms with Gasteiger partial charge in [0, 0.05) is 24.5 Å². The molecule has 0 radical (unpaired) electrons. The van der Waals surface area contributed by atoms with E-state index in [2.05, 4.69) is 10.6 Å². The van der Waals surface area contributed by atoms with Gasteiger partial charge in [-0.2, -0.15) is 0 Å². The maximum atomic E-state index is 13.0. The van der Waals surface area contributed by atoms with Crippen molar-refractivity contribution in [3.8, 4) is 0 Å². The van der Waals surface area contributed by atoms with Gasteiger partial charge >= 0.3 is 0 Å². The number of benzene rings is 2. The summed E-state index contributed by atoms with van der Waals surface area (Å²) in [5.74, 6) is -0.671. The smallest absolute Gasteiger partial charge is 0.238 e. The molecule has 2 aromatic carbocycles. The summed E-state index contributed by atoms with van der Waals surface area (Å²) < 4.78 is 5.53. The average Bonchev–Trinajstić information content (AvgIpc) is 2.79. The highest BCUT2D eigenvalue weighted by Gasteiger charge is 2.25. The maximum absolute atomic E-state index is 13.0. The summed E-state index contributed by atoms with van der Waals surface area (Å²) in [5.41, 5.74) is 5.33. The van der Waals surface area contributed by atoms with E-state index in [0.29, 0.717) is 19.7 Å². The molecule has 35 heavy (non-hydrogen) atoms. The van der Waals surface area contributed by atoms with Crippen LogP contribution in [0.15, 0.2) is 36.4 Å². The van der Waals surface area contributed by atoms with Gasteiger partial charge in [-0.15, -0.1) is 0 Å². The molecule has 0 aliphatic carbocycles. The normalized spacial score (nSPS) is 15.7. The predicted molar refractivity (Wildman–Crippen MR) is 138 cm³/mol. The molecule has 0 saturated carbocycles. The van der Waals surface area contributed by atoms with Crippen molar-refractivity contribution in [1.29, 1.82) is 0 Å². The summed E-state index contributed by atoms with van der Waals surface area (Å²) in [7, 11) is 0. The van der Waals surface area contributed by atoms with Crippen LogP contribution in [0.3, 0.4) is 0 Å². The number of morpholine rings is 1. The molecule has 0 bridgehead atoms. The van der Waals surface area contributed by atoms with Crippen LogP contribution in [0, 0.1) is 27.7 Å². The number of ether oxygens (including phenoxy) is 1. The lowest BCUT2D eigenvalue weighted by Gasteiger charge is -2.33. The summed E-state index contributed by atoms with van der Waals surface area (Å²) in [4.78, 5) is 42.2. The third-order valence-corrected chi connectivity index (χ3v) is 6.18. The number of para-hydroxylation sites is 2. The Bertz CT molecular complexity index is 977. The zero-order chi connectivity index (χ0) is 25.5. The van der Waals surface area contributed by atoms with Crippen LogP contribution >= 0.6 is 0 Å². The molecular formula is C27H36N4O4. The Morgan fingerprint density at radius 3 is 1.74 bits per heavy atom. The molecule has 1 fully saturated rings. The molecule has 0 aromatic heterocycles. The number of amides is 3. The Labute approximate surface area is 207 Å². The number of hydrogen-bond acceptors (Lipinski definition) is 5. The van der Waals surface area contributed by atoms with Crippen molar-refractivity contribution in [3.63, 3.8) is 0 Å². The van der Waals surface area contributed by atoms with Gasteiger partial charge in [0.25, 0.3) is 0 Å². The first kappa shape index (κ1) is 26.4. The molecule has 8 heteroatoms. The van der Waals surface area contributed by atoms with E-state index in [0.717, 1.165) is 33.6 Å². The van der Waals surface area contributed by atoms with Gasteiger partial charge in [0.2, 0.25) is 17.7 Å². The van der Waals surface area contributed by atoms with Crippen molar-refractivity contribution in [2.45, 2.75) is 40.7 Å². The fourth-order valence-corrected chi connectivity index (χ4v) is 4.29. The van der Waals surface area contributed by atoms with Crippen molar-refractivity contribution in [3.05, 3.63) is 58.7 Å². The van der Waals surface area contributed by atoms with E-state index in [4.69, 9.17) is 4.74 Å². The zero-order valence-electron chi connectivity index (χ0n) is 21.3. The molecule has 1 unspecified atom stereocenters.